The van der Waals surface area contributed by atoms with Crippen molar-refractivity contribution < 1.29 is 19.1 Å². The van der Waals surface area contributed by atoms with Crippen LogP contribution in [0.15, 0.2) is 0 Å². The number of carbonyl (C=O) groups excluding carboxylic acids is 3. The van der Waals surface area contributed by atoms with Crippen LogP contribution in [0.3, 0.4) is 0 Å². The first-order chi connectivity index (χ1) is 6.97. The molecule has 5 heteroatoms. The molecule has 0 rings (SSSR count). The average molecular weight is 215 g/mol. The number of hydrogen-bond donors (Lipinski definition) is 1. The van der Waals surface area contributed by atoms with Crippen molar-refractivity contribution in [3.63, 3.8) is 0 Å². The molecule has 86 valence electrons. The van der Waals surface area contributed by atoms with Crippen LogP contribution >= 0.6 is 0 Å². The van der Waals surface area contributed by atoms with Gasteiger partial charge in [-0.2, -0.15) is 0 Å². The minimum absolute atomic E-state index is 0.0156. The smallest absolute Gasteiger partial charge is 0.308 e. The third kappa shape index (κ3) is 6.65. The molecule has 1 atom stereocenters. The van der Waals surface area contributed by atoms with Gasteiger partial charge in [-0.15, -0.1) is 0 Å². The second-order valence-corrected chi connectivity index (χ2v) is 3.33. The Bertz CT molecular complexity index is 250. The standard InChI is InChI=1S/C10H17NO4/c1-4-7(2)10(14)15-6-5-9(13)11-8(3)12/h7H,4-6H2,1-3H3,(H,11,12,13). The molecule has 1 N–H and O–H groups in total. The highest BCUT2D eigenvalue weighted by Gasteiger charge is 2.12. The summed E-state index contributed by atoms with van der Waals surface area (Å²) in [5.74, 6) is -1.30. The Labute approximate surface area is 89.2 Å². The van der Waals surface area contributed by atoms with Crippen LogP contribution < -0.4 is 5.32 Å². The van der Waals surface area contributed by atoms with Gasteiger partial charge in [-0.3, -0.25) is 19.7 Å². The van der Waals surface area contributed by atoms with Gasteiger partial charge in [-0.1, -0.05) is 13.8 Å². The number of amides is 2. The molecule has 2 amide bonds. The summed E-state index contributed by atoms with van der Waals surface area (Å²) in [4.78, 5) is 32.6. The largest absolute Gasteiger partial charge is 0.465 e. The van der Waals surface area contributed by atoms with Gasteiger partial charge in [0.2, 0.25) is 11.8 Å². The van der Waals surface area contributed by atoms with Crippen molar-refractivity contribution in [3.8, 4) is 0 Å². The van der Waals surface area contributed by atoms with Gasteiger partial charge in [-0.05, 0) is 6.42 Å². The molecule has 15 heavy (non-hydrogen) atoms. The summed E-state index contributed by atoms with van der Waals surface area (Å²) in [5, 5.41) is 2.09. The van der Waals surface area contributed by atoms with Gasteiger partial charge in [0.25, 0.3) is 0 Å². The van der Waals surface area contributed by atoms with Gasteiger partial charge >= 0.3 is 5.97 Å². The minimum atomic E-state index is -0.431. The monoisotopic (exact) mass is 215 g/mol. The number of carbonyl (C=O) groups is 3. The molecule has 0 radical (unpaired) electrons. The normalized spacial score (nSPS) is 11.7. The zero-order valence-corrected chi connectivity index (χ0v) is 9.33. The van der Waals surface area contributed by atoms with Crippen molar-refractivity contribution in [2.24, 2.45) is 5.92 Å². The van der Waals surface area contributed by atoms with E-state index in [1.54, 1.807) is 6.92 Å². The molecule has 0 aromatic heterocycles. The molecule has 0 fully saturated rings. The Kier molecular flexibility index (Phi) is 6.33. The van der Waals surface area contributed by atoms with E-state index in [4.69, 9.17) is 4.74 Å². The van der Waals surface area contributed by atoms with E-state index >= 15 is 0 Å². The van der Waals surface area contributed by atoms with Crippen LogP contribution in [-0.2, 0) is 19.1 Å². The second-order valence-electron chi connectivity index (χ2n) is 3.33. The fraction of sp³-hybridized carbons (Fsp3) is 0.700. The Morgan fingerprint density at radius 3 is 2.40 bits per heavy atom. The molecule has 1 unspecified atom stereocenters. The molecule has 0 spiro atoms. The maximum Gasteiger partial charge on any atom is 0.308 e. The lowest BCUT2D eigenvalue weighted by molar-refractivity contribution is -0.148. The van der Waals surface area contributed by atoms with Gasteiger partial charge in [0, 0.05) is 6.92 Å². The molecule has 0 saturated carbocycles. The van der Waals surface area contributed by atoms with Crippen molar-refractivity contribution in [3.05, 3.63) is 0 Å². The van der Waals surface area contributed by atoms with Crippen LogP contribution in [-0.4, -0.2) is 24.4 Å². The van der Waals surface area contributed by atoms with E-state index in [1.807, 2.05) is 6.92 Å². The molecule has 5 nitrogen and oxygen atoms in total. The van der Waals surface area contributed by atoms with Crippen molar-refractivity contribution >= 4 is 17.8 Å². The summed E-state index contributed by atoms with van der Waals surface area (Å²) >= 11 is 0. The van der Waals surface area contributed by atoms with Crippen molar-refractivity contribution in [2.45, 2.75) is 33.6 Å². The van der Waals surface area contributed by atoms with Crippen LogP contribution in [0.5, 0.6) is 0 Å². The fourth-order valence-corrected chi connectivity index (χ4v) is 0.812. The van der Waals surface area contributed by atoms with Crippen LogP contribution in [0, 0.1) is 5.92 Å². The van der Waals surface area contributed by atoms with Crippen LogP contribution in [0.25, 0.3) is 0 Å². The summed E-state index contributed by atoms with van der Waals surface area (Å²) in [6, 6.07) is 0. The predicted octanol–water partition coefficient (Wildman–Crippen LogP) is 0.628. The van der Waals surface area contributed by atoms with E-state index < -0.39 is 11.8 Å². The Morgan fingerprint density at radius 1 is 1.33 bits per heavy atom. The fourth-order valence-electron chi connectivity index (χ4n) is 0.812. The third-order valence-electron chi connectivity index (χ3n) is 1.90. The number of nitrogens with one attached hydrogen (secondary N) is 1. The summed E-state index contributed by atoms with van der Waals surface area (Å²) in [6.07, 6.45) is 0.722. The number of esters is 1. The van der Waals surface area contributed by atoms with Crippen molar-refractivity contribution in [1.29, 1.82) is 0 Å². The quantitative estimate of drug-likeness (QED) is 0.683. The SMILES string of the molecule is CCC(C)C(=O)OCCC(=O)NC(C)=O. The first-order valence-corrected chi connectivity index (χ1v) is 4.94. The maximum absolute atomic E-state index is 11.2. The predicted molar refractivity (Wildman–Crippen MR) is 53.9 cm³/mol. The molecule has 0 bridgehead atoms. The van der Waals surface area contributed by atoms with E-state index in [0.29, 0.717) is 6.42 Å². The van der Waals surface area contributed by atoms with Crippen LogP contribution in [0.4, 0.5) is 0 Å². The summed E-state index contributed by atoms with van der Waals surface area (Å²) in [6.45, 7) is 4.91. The number of imide groups is 1. The Morgan fingerprint density at radius 2 is 1.93 bits per heavy atom. The van der Waals surface area contributed by atoms with E-state index in [2.05, 4.69) is 5.32 Å². The van der Waals surface area contributed by atoms with Gasteiger partial charge in [0.05, 0.1) is 12.3 Å². The molecule has 0 saturated heterocycles. The molecule has 0 aliphatic rings. The number of hydrogen-bond acceptors (Lipinski definition) is 4. The first kappa shape index (κ1) is 13.6. The number of rotatable bonds is 5. The molecular weight excluding hydrogens is 198 g/mol. The first-order valence-electron chi connectivity index (χ1n) is 4.94. The summed E-state index contributed by atoms with van der Waals surface area (Å²) < 4.78 is 4.84. The van der Waals surface area contributed by atoms with Gasteiger partial charge in [0.15, 0.2) is 0 Å². The maximum atomic E-state index is 11.2. The lowest BCUT2D eigenvalue weighted by Crippen LogP contribution is -2.29. The molecular formula is C10H17NO4. The minimum Gasteiger partial charge on any atom is -0.465 e. The molecule has 0 aromatic rings. The van der Waals surface area contributed by atoms with E-state index in [9.17, 15) is 14.4 Å². The summed E-state index contributed by atoms with van der Waals surface area (Å²) in [5.41, 5.74) is 0. The Balaban J connectivity index is 3.66. The molecule has 0 aliphatic heterocycles. The van der Waals surface area contributed by atoms with Gasteiger partial charge < -0.3 is 4.74 Å². The molecule has 0 aliphatic carbocycles. The van der Waals surface area contributed by atoms with E-state index in [1.165, 1.54) is 6.92 Å². The second kappa shape index (κ2) is 6.98. The lowest BCUT2D eigenvalue weighted by atomic mass is 10.1. The number of ether oxygens (including phenoxy) is 1. The molecule has 0 heterocycles. The molecule has 0 aromatic carbocycles. The van der Waals surface area contributed by atoms with E-state index in [0.717, 1.165) is 0 Å². The van der Waals surface area contributed by atoms with Crippen LogP contribution in [0.2, 0.25) is 0 Å². The third-order valence-corrected chi connectivity index (χ3v) is 1.90. The Hall–Kier alpha value is -1.39. The van der Waals surface area contributed by atoms with E-state index in [-0.39, 0.29) is 24.9 Å². The van der Waals surface area contributed by atoms with Gasteiger partial charge in [0.1, 0.15) is 6.61 Å². The lowest BCUT2D eigenvalue weighted by Gasteiger charge is -2.08. The van der Waals surface area contributed by atoms with Crippen molar-refractivity contribution in [1.82, 2.24) is 5.32 Å². The highest BCUT2D eigenvalue weighted by atomic mass is 16.5. The van der Waals surface area contributed by atoms with Crippen molar-refractivity contribution in [2.75, 3.05) is 6.61 Å². The zero-order valence-electron chi connectivity index (χ0n) is 9.33. The zero-order chi connectivity index (χ0) is 11.8. The highest BCUT2D eigenvalue weighted by molar-refractivity contribution is 5.94. The summed E-state index contributed by atoms with van der Waals surface area (Å²) in [7, 11) is 0. The highest BCUT2D eigenvalue weighted by Crippen LogP contribution is 2.03. The van der Waals surface area contributed by atoms with Crippen LogP contribution in [0.1, 0.15) is 33.6 Å². The topological polar surface area (TPSA) is 72.5 Å². The average Bonchev–Trinajstić information content (AvgIpc) is 2.15. The van der Waals surface area contributed by atoms with Gasteiger partial charge in [-0.25, -0.2) is 0 Å².